The highest BCUT2D eigenvalue weighted by Crippen LogP contribution is 2.23. The Morgan fingerprint density at radius 3 is 2.78 bits per heavy atom. The van der Waals surface area contributed by atoms with Gasteiger partial charge in [-0.25, -0.2) is 0 Å². The lowest BCUT2D eigenvalue weighted by Crippen LogP contribution is -2.43. The van der Waals surface area contributed by atoms with Gasteiger partial charge in [-0.3, -0.25) is 9.89 Å². The van der Waals surface area contributed by atoms with Crippen molar-refractivity contribution >= 4 is 17.5 Å². The highest BCUT2D eigenvalue weighted by molar-refractivity contribution is 6.31. The zero-order chi connectivity index (χ0) is 16.2. The second-order valence-corrected chi connectivity index (χ2v) is 6.20. The second kappa shape index (κ2) is 7.15. The molecule has 3 rings (SSSR count). The molecule has 0 aliphatic carbocycles. The van der Waals surface area contributed by atoms with Crippen LogP contribution in [0.3, 0.4) is 0 Å². The maximum Gasteiger partial charge on any atom is 0.272 e. The lowest BCUT2D eigenvalue weighted by molar-refractivity contribution is 0.0264. The number of H-pyrrole nitrogens is 1. The van der Waals surface area contributed by atoms with Crippen LogP contribution in [0.2, 0.25) is 5.02 Å². The molecule has 1 saturated heterocycles. The Labute approximate surface area is 140 Å². The van der Waals surface area contributed by atoms with E-state index in [4.69, 9.17) is 16.3 Å². The predicted molar refractivity (Wildman–Crippen MR) is 88.5 cm³/mol. The van der Waals surface area contributed by atoms with E-state index >= 15 is 0 Å². The summed E-state index contributed by atoms with van der Waals surface area (Å²) < 4.78 is 5.43. The molecular formula is C17H20ClN3O2. The van der Waals surface area contributed by atoms with Crippen LogP contribution in [0.25, 0.3) is 0 Å². The van der Waals surface area contributed by atoms with E-state index in [1.807, 2.05) is 36.1 Å². The Morgan fingerprint density at radius 1 is 1.39 bits per heavy atom. The molecule has 1 aromatic heterocycles. The third kappa shape index (κ3) is 3.74. The number of aromatic nitrogens is 2. The summed E-state index contributed by atoms with van der Waals surface area (Å²) in [6, 6.07) is 9.57. The van der Waals surface area contributed by atoms with Crippen molar-refractivity contribution in [3.63, 3.8) is 0 Å². The largest absolute Gasteiger partial charge is 0.381 e. The molecule has 5 nitrogen and oxygen atoms in total. The molecule has 23 heavy (non-hydrogen) atoms. The maximum atomic E-state index is 12.9. The van der Waals surface area contributed by atoms with Gasteiger partial charge in [-0.2, -0.15) is 5.10 Å². The molecule has 1 fully saturated rings. The number of halogens is 1. The van der Waals surface area contributed by atoms with Gasteiger partial charge >= 0.3 is 0 Å². The third-order valence-electron chi connectivity index (χ3n) is 4.13. The highest BCUT2D eigenvalue weighted by Gasteiger charge is 2.28. The summed E-state index contributed by atoms with van der Waals surface area (Å²) in [5, 5.41) is 7.57. The summed E-state index contributed by atoms with van der Waals surface area (Å²) in [6.45, 7) is 3.71. The van der Waals surface area contributed by atoms with E-state index in [9.17, 15) is 4.79 Å². The molecule has 1 amide bonds. The Balaban J connectivity index is 1.86. The molecule has 0 bridgehead atoms. The van der Waals surface area contributed by atoms with E-state index in [2.05, 4.69) is 10.2 Å². The number of benzene rings is 1. The number of hydrogen-bond acceptors (Lipinski definition) is 3. The standard InChI is InChI=1S/C17H20ClN3O2/c1-12-10-16(20-19-12)17(22)21(14-6-8-23-9-7-14)11-13-4-2-3-5-15(13)18/h2-5,10,14H,6-9,11H2,1H3,(H,19,20). The van der Waals surface area contributed by atoms with Gasteiger partial charge in [0.2, 0.25) is 0 Å². The first kappa shape index (κ1) is 16.0. The van der Waals surface area contributed by atoms with Gasteiger partial charge in [0.25, 0.3) is 5.91 Å². The second-order valence-electron chi connectivity index (χ2n) is 5.79. The zero-order valence-electron chi connectivity index (χ0n) is 13.1. The van der Waals surface area contributed by atoms with Crippen molar-refractivity contribution in [1.29, 1.82) is 0 Å². The van der Waals surface area contributed by atoms with Gasteiger partial charge in [-0.15, -0.1) is 0 Å². The van der Waals surface area contributed by atoms with Crippen LogP contribution in [0.15, 0.2) is 30.3 Å². The topological polar surface area (TPSA) is 58.2 Å². The van der Waals surface area contributed by atoms with Crippen LogP contribution >= 0.6 is 11.6 Å². The quantitative estimate of drug-likeness (QED) is 0.934. The Morgan fingerprint density at radius 2 is 2.13 bits per heavy atom. The van der Waals surface area contributed by atoms with Crippen molar-refractivity contribution in [1.82, 2.24) is 15.1 Å². The molecule has 0 spiro atoms. The fourth-order valence-electron chi connectivity index (χ4n) is 2.86. The summed E-state index contributed by atoms with van der Waals surface area (Å²) in [6.07, 6.45) is 1.67. The van der Waals surface area contributed by atoms with Crippen molar-refractivity contribution in [2.24, 2.45) is 0 Å². The van der Waals surface area contributed by atoms with Crippen molar-refractivity contribution in [2.45, 2.75) is 32.4 Å². The number of nitrogens with zero attached hydrogens (tertiary/aromatic N) is 2. The number of nitrogens with one attached hydrogen (secondary N) is 1. The predicted octanol–water partition coefficient (Wildman–Crippen LogP) is 3.19. The highest BCUT2D eigenvalue weighted by atomic mass is 35.5. The molecule has 0 atom stereocenters. The fourth-order valence-corrected chi connectivity index (χ4v) is 3.06. The normalized spacial score (nSPS) is 15.6. The van der Waals surface area contributed by atoms with Gasteiger partial charge in [0.1, 0.15) is 5.69 Å². The SMILES string of the molecule is Cc1cc(C(=O)N(Cc2ccccc2Cl)C2CCOCC2)[nH]n1. The molecule has 1 N–H and O–H groups in total. The smallest absolute Gasteiger partial charge is 0.272 e. The minimum atomic E-state index is -0.0441. The molecule has 2 heterocycles. The first-order chi connectivity index (χ1) is 11.1. The van der Waals surface area contributed by atoms with Crippen LogP contribution in [-0.2, 0) is 11.3 Å². The summed E-state index contributed by atoms with van der Waals surface area (Å²) in [5.74, 6) is -0.0441. The van der Waals surface area contributed by atoms with E-state index in [1.165, 1.54) is 0 Å². The number of aromatic amines is 1. The van der Waals surface area contributed by atoms with Crippen LogP contribution in [0, 0.1) is 6.92 Å². The van der Waals surface area contributed by atoms with Gasteiger partial charge in [-0.05, 0) is 37.5 Å². The number of ether oxygens (including phenoxy) is 1. The first-order valence-corrected chi connectivity index (χ1v) is 8.17. The Bertz CT molecular complexity index is 680. The molecule has 0 saturated carbocycles. The van der Waals surface area contributed by atoms with Crippen molar-refractivity contribution in [2.75, 3.05) is 13.2 Å². The molecular weight excluding hydrogens is 314 g/mol. The molecule has 0 unspecified atom stereocenters. The first-order valence-electron chi connectivity index (χ1n) is 7.79. The van der Waals surface area contributed by atoms with Gasteiger partial charge in [0, 0.05) is 30.8 Å². The number of aryl methyl sites for hydroxylation is 1. The molecule has 0 radical (unpaired) electrons. The zero-order valence-corrected chi connectivity index (χ0v) is 13.8. The Hall–Kier alpha value is -1.85. The van der Waals surface area contributed by atoms with Crippen LogP contribution in [0.5, 0.6) is 0 Å². The lowest BCUT2D eigenvalue weighted by Gasteiger charge is -2.34. The van der Waals surface area contributed by atoms with E-state index < -0.39 is 0 Å². The molecule has 1 aliphatic heterocycles. The number of carbonyl (C=O) groups is 1. The lowest BCUT2D eigenvalue weighted by atomic mass is 10.0. The Kier molecular flexibility index (Phi) is 4.98. The molecule has 1 aromatic carbocycles. The van der Waals surface area contributed by atoms with Gasteiger partial charge < -0.3 is 9.64 Å². The van der Waals surface area contributed by atoms with Crippen LogP contribution in [0.4, 0.5) is 0 Å². The molecule has 122 valence electrons. The summed E-state index contributed by atoms with van der Waals surface area (Å²) in [4.78, 5) is 14.8. The summed E-state index contributed by atoms with van der Waals surface area (Å²) in [5.41, 5.74) is 2.27. The van der Waals surface area contributed by atoms with Crippen LogP contribution in [-0.4, -0.2) is 40.3 Å². The van der Waals surface area contributed by atoms with Crippen molar-refractivity contribution < 1.29 is 9.53 Å². The van der Waals surface area contributed by atoms with Gasteiger partial charge in [0.15, 0.2) is 0 Å². The fraction of sp³-hybridized carbons (Fsp3) is 0.412. The maximum absolute atomic E-state index is 12.9. The van der Waals surface area contributed by atoms with Crippen LogP contribution in [0.1, 0.15) is 34.6 Å². The van der Waals surface area contributed by atoms with E-state index in [1.54, 1.807) is 6.07 Å². The number of carbonyl (C=O) groups excluding carboxylic acids is 1. The minimum Gasteiger partial charge on any atom is -0.381 e. The van der Waals surface area contributed by atoms with Crippen molar-refractivity contribution in [3.8, 4) is 0 Å². The number of rotatable bonds is 4. The molecule has 1 aliphatic rings. The number of hydrogen-bond donors (Lipinski definition) is 1. The molecule has 6 heteroatoms. The van der Waals surface area contributed by atoms with Gasteiger partial charge in [0.05, 0.1) is 5.69 Å². The van der Waals surface area contributed by atoms with Gasteiger partial charge in [-0.1, -0.05) is 29.8 Å². The monoisotopic (exact) mass is 333 g/mol. The minimum absolute atomic E-state index is 0.0441. The number of amides is 1. The van der Waals surface area contributed by atoms with E-state index in [0.717, 1.165) is 24.1 Å². The van der Waals surface area contributed by atoms with E-state index in [-0.39, 0.29) is 11.9 Å². The third-order valence-corrected chi connectivity index (χ3v) is 4.50. The average Bonchev–Trinajstić information content (AvgIpc) is 3.01. The summed E-state index contributed by atoms with van der Waals surface area (Å²) in [7, 11) is 0. The average molecular weight is 334 g/mol. The van der Waals surface area contributed by atoms with E-state index in [0.29, 0.717) is 30.5 Å². The van der Waals surface area contributed by atoms with Crippen LogP contribution < -0.4 is 0 Å². The molecule has 2 aromatic rings. The van der Waals surface area contributed by atoms with Crippen molar-refractivity contribution in [3.05, 3.63) is 52.3 Å². The summed E-state index contributed by atoms with van der Waals surface area (Å²) >= 11 is 6.28.